The van der Waals surface area contributed by atoms with Crippen LogP contribution in [0.4, 0.5) is 0 Å². The van der Waals surface area contributed by atoms with Crippen molar-refractivity contribution < 1.29 is 4.79 Å². The van der Waals surface area contributed by atoms with E-state index in [-0.39, 0.29) is 5.91 Å². The Morgan fingerprint density at radius 3 is 2.00 bits per heavy atom. The second-order valence-electron chi connectivity index (χ2n) is 3.22. The predicted molar refractivity (Wildman–Crippen MR) is 56.4 cm³/mol. The van der Waals surface area contributed by atoms with Crippen molar-refractivity contribution >= 4 is 5.91 Å². The van der Waals surface area contributed by atoms with Crippen LogP contribution in [-0.4, -0.2) is 24.9 Å². The van der Waals surface area contributed by atoms with Crippen molar-refractivity contribution in [2.45, 2.75) is 13.8 Å². The monoisotopic (exact) mass is 179 g/mol. The number of amides is 1. The average molecular weight is 179 g/mol. The minimum atomic E-state index is -0.0319. The summed E-state index contributed by atoms with van der Waals surface area (Å²) in [6.07, 6.45) is 1.58. The highest BCUT2D eigenvalue weighted by atomic mass is 16.2. The van der Waals surface area contributed by atoms with Crippen LogP contribution in [0, 0.1) is 0 Å². The van der Waals surface area contributed by atoms with E-state index in [4.69, 9.17) is 0 Å². The molecule has 0 aliphatic rings. The van der Waals surface area contributed by atoms with Crippen molar-refractivity contribution in [3.05, 3.63) is 36.0 Å². The Hall–Kier alpha value is -1.31. The molecule has 0 aromatic heterocycles. The molecule has 72 valence electrons. The lowest BCUT2D eigenvalue weighted by atomic mass is 10.0. The fraction of sp³-hybridized carbons (Fsp3) is 0.364. The van der Waals surface area contributed by atoms with E-state index in [0.717, 1.165) is 11.1 Å². The lowest BCUT2D eigenvalue weighted by molar-refractivity contribution is -0.124. The van der Waals surface area contributed by atoms with Crippen LogP contribution in [0.25, 0.3) is 0 Å². The first-order valence-electron chi connectivity index (χ1n) is 4.12. The molecule has 2 heteroatoms. The summed E-state index contributed by atoms with van der Waals surface area (Å²) in [6, 6.07) is 0. The van der Waals surface area contributed by atoms with Crippen LogP contribution < -0.4 is 0 Å². The van der Waals surface area contributed by atoms with Gasteiger partial charge in [-0.2, -0.15) is 0 Å². The molecule has 0 rings (SSSR count). The highest BCUT2D eigenvalue weighted by Crippen LogP contribution is 2.14. The number of rotatable bonds is 3. The van der Waals surface area contributed by atoms with E-state index in [0.29, 0.717) is 5.57 Å². The van der Waals surface area contributed by atoms with Gasteiger partial charge in [-0.15, -0.1) is 0 Å². The van der Waals surface area contributed by atoms with E-state index in [2.05, 4.69) is 13.2 Å². The Morgan fingerprint density at radius 2 is 1.77 bits per heavy atom. The topological polar surface area (TPSA) is 20.3 Å². The van der Waals surface area contributed by atoms with Crippen LogP contribution in [0.2, 0.25) is 0 Å². The van der Waals surface area contributed by atoms with E-state index >= 15 is 0 Å². The molecular formula is C11H17NO. The van der Waals surface area contributed by atoms with Gasteiger partial charge in [0.2, 0.25) is 0 Å². The van der Waals surface area contributed by atoms with E-state index < -0.39 is 0 Å². The Balaban J connectivity index is 5.11. The number of hydrogen-bond donors (Lipinski definition) is 0. The smallest absolute Gasteiger partial charge is 0.253 e. The van der Waals surface area contributed by atoms with Gasteiger partial charge >= 0.3 is 0 Å². The molecule has 0 aromatic rings. The highest BCUT2D eigenvalue weighted by molar-refractivity contribution is 5.97. The van der Waals surface area contributed by atoms with Gasteiger partial charge in [0.15, 0.2) is 0 Å². The molecule has 0 bridgehead atoms. The molecule has 0 spiro atoms. The van der Waals surface area contributed by atoms with E-state index in [1.165, 1.54) is 4.90 Å². The standard InChI is InChI=1S/C11H17NO/c1-7-10(9(4)8(2)3)11(13)12(5)6/h7H,1-2H2,3-6H3/b10-9+. The molecule has 0 N–H and O–H groups in total. The van der Waals surface area contributed by atoms with Crippen molar-refractivity contribution in [2.24, 2.45) is 0 Å². The molecule has 13 heavy (non-hydrogen) atoms. The molecule has 0 unspecified atom stereocenters. The summed E-state index contributed by atoms with van der Waals surface area (Å²) in [7, 11) is 3.44. The summed E-state index contributed by atoms with van der Waals surface area (Å²) in [5, 5.41) is 0. The first-order chi connectivity index (χ1) is 5.91. The van der Waals surface area contributed by atoms with Gasteiger partial charge in [0, 0.05) is 19.7 Å². The van der Waals surface area contributed by atoms with Gasteiger partial charge in [-0.3, -0.25) is 4.79 Å². The molecule has 0 aromatic carbocycles. The number of likely N-dealkylation sites (N-methyl/N-ethyl adjacent to an activating group) is 1. The minimum absolute atomic E-state index is 0.0319. The van der Waals surface area contributed by atoms with Gasteiger partial charge < -0.3 is 4.90 Å². The van der Waals surface area contributed by atoms with E-state index in [9.17, 15) is 4.79 Å². The summed E-state index contributed by atoms with van der Waals surface area (Å²) in [5.41, 5.74) is 2.41. The molecule has 0 aliphatic carbocycles. The zero-order valence-electron chi connectivity index (χ0n) is 8.85. The average Bonchev–Trinajstić information content (AvgIpc) is 2.04. The third kappa shape index (κ3) is 2.90. The Bertz CT molecular complexity index is 272. The van der Waals surface area contributed by atoms with Crippen molar-refractivity contribution in [1.29, 1.82) is 0 Å². The molecule has 0 fully saturated rings. The maximum Gasteiger partial charge on any atom is 0.253 e. The van der Waals surface area contributed by atoms with Gasteiger partial charge in [0.05, 0.1) is 0 Å². The Kier molecular flexibility index (Phi) is 4.18. The van der Waals surface area contributed by atoms with Crippen molar-refractivity contribution in [3.63, 3.8) is 0 Å². The quantitative estimate of drug-likeness (QED) is 0.480. The third-order valence-electron chi connectivity index (χ3n) is 1.88. The van der Waals surface area contributed by atoms with Crippen LogP contribution >= 0.6 is 0 Å². The van der Waals surface area contributed by atoms with Crippen molar-refractivity contribution in [2.75, 3.05) is 14.1 Å². The summed E-state index contributed by atoms with van der Waals surface area (Å²) in [6.45, 7) is 11.2. The molecule has 0 aliphatic heterocycles. The lowest BCUT2D eigenvalue weighted by Crippen LogP contribution is -2.23. The van der Waals surface area contributed by atoms with Crippen LogP contribution in [0.1, 0.15) is 13.8 Å². The Labute approximate surface area is 80.2 Å². The van der Waals surface area contributed by atoms with Crippen LogP contribution in [-0.2, 0) is 4.79 Å². The fourth-order valence-electron chi connectivity index (χ4n) is 0.872. The first-order valence-corrected chi connectivity index (χ1v) is 4.12. The molecule has 1 amide bonds. The molecule has 2 nitrogen and oxygen atoms in total. The molecule has 0 saturated heterocycles. The molecule has 0 heterocycles. The van der Waals surface area contributed by atoms with Crippen LogP contribution in [0.3, 0.4) is 0 Å². The number of carbonyl (C=O) groups is 1. The summed E-state index contributed by atoms with van der Waals surface area (Å²) < 4.78 is 0. The zero-order valence-corrected chi connectivity index (χ0v) is 8.85. The second kappa shape index (κ2) is 4.65. The number of hydrogen-bond acceptors (Lipinski definition) is 1. The number of allylic oxidation sites excluding steroid dienone is 2. The maximum atomic E-state index is 11.6. The summed E-state index contributed by atoms with van der Waals surface area (Å²) in [5.74, 6) is -0.0319. The second-order valence-corrected chi connectivity index (χ2v) is 3.22. The SMILES string of the molecule is C=C/C(C(=O)N(C)C)=C(/C)C(=C)C. The molecule has 0 atom stereocenters. The molecule has 0 radical (unpaired) electrons. The zero-order chi connectivity index (χ0) is 10.6. The van der Waals surface area contributed by atoms with Crippen LogP contribution in [0.15, 0.2) is 36.0 Å². The molecular weight excluding hydrogens is 162 g/mol. The summed E-state index contributed by atoms with van der Waals surface area (Å²) >= 11 is 0. The van der Waals surface area contributed by atoms with Crippen molar-refractivity contribution in [3.8, 4) is 0 Å². The van der Waals surface area contributed by atoms with Gasteiger partial charge in [-0.25, -0.2) is 0 Å². The van der Waals surface area contributed by atoms with Gasteiger partial charge in [-0.05, 0) is 19.4 Å². The van der Waals surface area contributed by atoms with Crippen molar-refractivity contribution in [1.82, 2.24) is 4.90 Å². The maximum absolute atomic E-state index is 11.6. The predicted octanol–water partition coefficient (Wildman–Crippen LogP) is 2.15. The first kappa shape index (κ1) is 11.7. The van der Waals surface area contributed by atoms with Gasteiger partial charge in [0.1, 0.15) is 0 Å². The van der Waals surface area contributed by atoms with Gasteiger partial charge in [0.25, 0.3) is 5.91 Å². The Morgan fingerprint density at radius 1 is 1.31 bits per heavy atom. The third-order valence-corrected chi connectivity index (χ3v) is 1.88. The van der Waals surface area contributed by atoms with Crippen LogP contribution in [0.5, 0.6) is 0 Å². The molecule has 0 saturated carbocycles. The largest absolute Gasteiger partial charge is 0.345 e. The van der Waals surface area contributed by atoms with E-state index in [1.807, 2.05) is 13.8 Å². The lowest BCUT2D eigenvalue weighted by Gasteiger charge is -2.13. The normalized spacial score (nSPS) is 11.7. The minimum Gasteiger partial charge on any atom is -0.345 e. The highest BCUT2D eigenvalue weighted by Gasteiger charge is 2.11. The number of carbonyl (C=O) groups excluding carboxylic acids is 1. The number of nitrogens with zero attached hydrogens (tertiary/aromatic N) is 1. The fourth-order valence-corrected chi connectivity index (χ4v) is 0.872. The summed E-state index contributed by atoms with van der Waals surface area (Å²) in [4.78, 5) is 13.1. The van der Waals surface area contributed by atoms with Gasteiger partial charge in [-0.1, -0.05) is 24.8 Å². The van der Waals surface area contributed by atoms with E-state index in [1.54, 1.807) is 20.2 Å².